The summed E-state index contributed by atoms with van der Waals surface area (Å²) in [5.74, 6) is 3.64. The number of hydrogen-bond donors (Lipinski definition) is 1. The summed E-state index contributed by atoms with van der Waals surface area (Å²) in [6, 6.07) is 4.40. The van der Waals surface area contributed by atoms with Crippen LogP contribution in [0.1, 0.15) is 42.9 Å². The van der Waals surface area contributed by atoms with Crippen molar-refractivity contribution in [2.45, 2.75) is 46.6 Å². The number of terminal acetylenes is 1. The van der Waals surface area contributed by atoms with Crippen molar-refractivity contribution >= 4 is 0 Å². The molecule has 0 aliphatic carbocycles. The van der Waals surface area contributed by atoms with Crippen molar-refractivity contribution < 1.29 is 4.74 Å². The molecule has 0 fully saturated rings. The van der Waals surface area contributed by atoms with Crippen LogP contribution in [0.5, 0.6) is 5.75 Å². The number of unbranched alkanes of at least 4 members (excludes halogenated alkanes) is 1. The zero-order valence-electron chi connectivity index (χ0n) is 12.4. The van der Waals surface area contributed by atoms with Crippen molar-refractivity contribution in [2.75, 3.05) is 13.2 Å². The molecule has 0 atom stereocenters. The fraction of sp³-hybridized carbons (Fsp3) is 0.529. The van der Waals surface area contributed by atoms with Crippen LogP contribution in [0.15, 0.2) is 12.1 Å². The first kappa shape index (κ1) is 15.6. The molecule has 0 radical (unpaired) electrons. The normalized spacial score (nSPS) is 10.2. The minimum absolute atomic E-state index is 0.694. The summed E-state index contributed by atoms with van der Waals surface area (Å²) in [6.07, 6.45) is 8.08. The summed E-state index contributed by atoms with van der Waals surface area (Å²) in [4.78, 5) is 0. The molecule has 0 saturated carbocycles. The maximum absolute atomic E-state index is 5.83. The first-order valence-corrected chi connectivity index (χ1v) is 7.06. The van der Waals surface area contributed by atoms with E-state index in [0.717, 1.165) is 38.1 Å². The number of hydrogen-bond acceptors (Lipinski definition) is 2. The van der Waals surface area contributed by atoms with Gasteiger partial charge in [0.05, 0.1) is 6.61 Å². The van der Waals surface area contributed by atoms with E-state index < -0.39 is 0 Å². The van der Waals surface area contributed by atoms with Crippen LogP contribution in [0.25, 0.3) is 0 Å². The number of aryl methyl sites for hydroxylation is 2. The summed E-state index contributed by atoms with van der Waals surface area (Å²) in [6.45, 7) is 9.06. The first-order chi connectivity index (χ1) is 9.19. The molecular formula is C17H25NO. The smallest absolute Gasteiger partial charge is 0.125 e. The van der Waals surface area contributed by atoms with Crippen LogP contribution in [-0.4, -0.2) is 13.2 Å². The second-order valence-electron chi connectivity index (χ2n) is 4.89. The standard InChI is InChI=1S/C17H25NO/c1-5-7-8-10-19-17-14(3)11-16(12-15(17)4)13-18-9-6-2/h1,11-12,18H,6-10,13H2,2-4H3. The fourth-order valence-corrected chi connectivity index (χ4v) is 2.13. The van der Waals surface area contributed by atoms with Crippen LogP contribution >= 0.6 is 0 Å². The third-order valence-corrected chi connectivity index (χ3v) is 2.99. The molecule has 1 aromatic carbocycles. The van der Waals surface area contributed by atoms with Gasteiger partial charge in [0.1, 0.15) is 5.75 Å². The predicted molar refractivity (Wildman–Crippen MR) is 81.5 cm³/mol. The number of nitrogens with one attached hydrogen (secondary N) is 1. The number of ether oxygens (including phenoxy) is 1. The molecule has 0 aromatic heterocycles. The molecule has 0 unspecified atom stereocenters. The molecule has 19 heavy (non-hydrogen) atoms. The highest BCUT2D eigenvalue weighted by atomic mass is 16.5. The molecule has 0 amide bonds. The van der Waals surface area contributed by atoms with Crippen LogP contribution in [0.3, 0.4) is 0 Å². The monoisotopic (exact) mass is 259 g/mol. The Morgan fingerprint density at radius 1 is 1.26 bits per heavy atom. The van der Waals surface area contributed by atoms with Crippen molar-refractivity contribution in [1.29, 1.82) is 0 Å². The molecule has 0 aliphatic rings. The lowest BCUT2D eigenvalue weighted by molar-refractivity contribution is 0.308. The average molecular weight is 259 g/mol. The Kier molecular flexibility index (Phi) is 7.07. The number of benzene rings is 1. The molecule has 0 spiro atoms. The van der Waals surface area contributed by atoms with E-state index in [9.17, 15) is 0 Å². The van der Waals surface area contributed by atoms with Crippen molar-refractivity contribution in [3.63, 3.8) is 0 Å². The SMILES string of the molecule is C#CCCCOc1c(C)cc(CNCCC)cc1C. The third kappa shape index (κ3) is 5.36. The fourth-order valence-electron chi connectivity index (χ4n) is 2.13. The largest absolute Gasteiger partial charge is 0.493 e. The Bertz CT molecular complexity index is 408. The summed E-state index contributed by atoms with van der Waals surface area (Å²) in [7, 11) is 0. The lowest BCUT2D eigenvalue weighted by atomic mass is 10.1. The van der Waals surface area contributed by atoms with E-state index in [2.05, 4.69) is 44.1 Å². The molecular weight excluding hydrogens is 234 g/mol. The summed E-state index contributed by atoms with van der Waals surface area (Å²) in [5.41, 5.74) is 3.72. The van der Waals surface area contributed by atoms with Crippen LogP contribution in [0.4, 0.5) is 0 Å². The molecule has 2 heteroatoms. The first-order valence-electron chi connectivity index (χ1n) is 7.06. The van der Waals surface area contributed by atoms with Crippen LogP contribution in [-0.2, 0) is 6.54 Å². The highest BCUT2D eigenvalue weighted by molar-refractivity contribution is 5.43. The topological polar surface area (TPSA) is 21.3 Å². The van der Waals surface area contributed by atoms with Crippen molar-refractivity contribution in [3.05, 3.63) is 28.8 Å². The molecule has 104 valence electrons. The van der Waals surface area contributed by atoms with Gasteiger partial charge in [-0.2, -0.15) is 0 Å². The zero-order valence-corrected chi connectivity index (χ0v) is 12.4. The third-order valence-electron chi connectivity index (χ3n) is 2.99. The van der Waals surface area contributed by atoms with E-state index in [1.165, 1.54) is 16.7 Å². The Morgan fingerprint density at radius 2 is 1.95 bits per heavy atom. The maximum Gasteiger partial charge on any atom is 0.125 e. The molecule has 2 nitrogen and oxygen atoms in total. The molecule has 0 heterocycles. The van der Waals surface area contributed by atoms with E-state index in [4.69, 9.17) is 11.2 Å². The van der Waals surface area contributed by atoms with Gasteiger partial charge in [-0.25, -0.2) is 0 Å². The minimum atomic E-state index is 0.694. The van der Waals surface area contributed by atoms with E-state index in [-0.39, 0.29) is 0 Å². The zero-order chi connectivity index (χ0) is 14.1. The highest BCUT2D eigenvalue weighted by Gasteiger charge is 2.06. The van der Waals surface area contributed by atoms with Gasteiger partial charge in [0, 0.05) is 13.0 Å². The lowest BCUT2D eigenvalue weighted by Crippen LogP contribution is -2.14. The van der Waals surface area contributed by atoms with Gasteiger partial charge in [0.15, 0.2) is 0 Å². The molecule has 1 aromatic rings. The Morgan fingerprint density at radius 3 is 2.53 bits per heavy atom. The van der Waals surface area contributed by atoms with E-state index in [0.29, 0.717) is 6.61 Å². The van der Waals surface area contributed by atoms with Gasteiger partial charge in [-0.1, -0.05) is 19.1 Å². The average Bonchev–Trinajstić information content (AvgIpc) is 2.37. The van der Waals surface area contributed by atoms with Crippen molar-refractivity contribution in [1.82, 2.24) is 5.32 Å². The number of rotatable bonds is 8. The molecule has 0 saturated heterocycles. The van der Waals surface area contributed by atoms with Crippen LogP contribution < -0.4 is 10.1 Å². The second kappa shape index (κ2) is 8.61. The van der Waals surface area contributed by atoms with Gasteiger partial charge < -0.3 is 10.1 Å². The molecule has 1 rings (SSSR count). The van der Waals surface area contributed by atoms with Gasteiger partial charge >= 0.3 is 0 Å². The van der Waals surface area contributed by atoms with Crippen LogP contribution in [0.2, 0.25) is 0 Å². The minimum Gasteiger partial charge on any atom is -0.493 e. The Labute approximate surface area is 117 Å². The van der Waals surface area contributed by atoms with Crippen LogP contribution in [0, 0.1) is 26.2 Å². The van der Waals surface area contributed by atoms with Gasteiger partial charge in [0.2, 0.25) is 0 Å². The van der Waals surface area contributed by atoms with Gasteiger partial charge in [-0.15, -0.1) is 12.3 Å². The van der Waals surface area contributed by atoms with Gasteiger partial charge in [-0.3, -0.25) is 0 Å². The van der Waals surface area contributed by atoms with Crippen molar-refractivity contribution in [3.8, 4) is 18.1 Å². The van der Waals surface area contributed by atoms with Gasteiger partial charge in [-0.05, 0) is 49.9 Å². The van der Waals surface area contributed by atoms with Gasteiger partial charge in [0.25, 0.3) is 0 Å². The summed E-state index contributed by atoms with van der Waals surface area (Å²) < 4.78 is 5.83. The molecule has 0 aliphatic heterocycles. The van der Waals surface area contributed by atoms with Crippen molar-refractivity contribution in [2.24, 2.45) is 0 Å². The molecule has 0 bridgehead atoms. The molecule has 1 N–H and O–H groups in total. The predicted octanol–water partition coefficient (Wildman–Crippen LogP) is 3.60. The summed E-state index contributed by atoms with van der Waals surface area (Å²) in [5, 5.41) is 3.42. The van der Waals surface area contributed by atoms with E-state index in [1.54, 1.807) is 0 Å². The second-order valence-corrected chi connectivity index (χ2v) is 4.89. The maximum atomic E-state index is 5.83. The van der Waals surface area contributed by atoms with E-state index in [1.807, 2.05) is 0 Å². The summed E-state index contributed by atoms with van der Waals surface area (Å²) >= 11 is 0. The Balaban J connectivity index is 2.61. The Hall–Kier alpha value is -1.46. The lowest BCUT2D eigenvalue weighted by Gasteiger charge is -2.14. The van der Waals surface area contributed by atoms with E-state index >= 15 is 0 Å². The quantitative estimate of drug-likeness (QED) is 0.569. The highest BCUT2D eigenvalue weighted by Crippen LogP contribution is 2.25.